The summed E-state index contributed by atoms with van der Waals surface area (Å²) in [6.07, 6.45) is 2.35. The number of carbonyl (C=O) groups is 3. The lowest BCUT2D eigenvalue weighted by molar-refractivity contribution is -0.136. The number of benzene rings is 1. The van der Waals surface area contributed by atoms with Gasteiger partial charge in [-0.15, -0.1) is 0 Å². The maximum Gasteiger partial charge on any atom is 0.255 e. The molecule has 22 heavy (non-hydrogen) atoms. The van der Waals surface area contributed by atoms with E-state index in [9.17, 15) is 18.8 Å². The highest BCUT2D eigenvalue weighted by Crippen LogP contribution is 2.45. The molecule has 1 aromatic rings. The SMILES string of the molecule is O=C1CCC(N2Cc3ccc(F)c(C4CC4)c3C2=O)C(=O)N1. The van der Waals surface area contributed by atoms with E-state index in [0.29, 0.717) is 24.1 Å². The molecule has 1 aliphatic carbocycles. The number of carbonyl (C=O) groups excluding carboxylic acids is 3. The van der Waals surface area contributed by atoms with Crippen LogP contribution >= 0.6 is 0 Å². The van der Waals surface area contributed by atoms with Crippen LogP contribution in [0.3, 0.4) is 0 Å². The predicted molar refractivity (Wildman–Crippen MR) is 74.4 cm³/mol. The Morgan fingerprint density at radius 3 is 2.59 bits per heavy atom. The van der Waals surface area contributed by atoms with E-state index in [0.717, 1.165) is 18.4 Å². The van der Waals surface area contributed by atoms with Crippen LogP contribution in [0, 0.1) is 5.82 Å². The van der Waals surface area contributed by atoms with Crippen molar-refractivity contribution in [3.05, 3.63) is 34.6 Å². The van der Waals surface area contributed by atoms with Crippen molar-refractivity contribution in [2.75, 3.05) is 0 Å². The molecule has 3 amide bonds. The van der Waals surface area contributed by atoms with Gasteiger partial charge in [0, 0.05) is 18.5 Å². The average Bonchev–Trinajstić information content (AvgIpc) is 3.25. The summed E-state index contributed by atoms with van der Waals surface area (Å²) < 4.78 is 14.1. The van der Waals surface area contributed by atoms with Crippen molar-refractivity contribution in [3.63, 3.8) is 0 Å². The van der Waals surface area contributed by atoms with Crippen LogP contribution in [0.25, 0.3) is 0 Å². The molecule has 2 heterocycles. The van der Waals surface area contributed by atoms with Crippen LogP contribution in [0.1, 0.15) is 53.1 Å². The molecule has 0 bridgehead atoms. The molecule has 4 rings (SSSR count). The van der Waals surface area contributed by atoms with Crippen molar-refractivity contribution in [2.45, 2.75) is 44.2 Å². The van der Waals surface area contributed by atoms with E-state index in [1.165, 1.54) is 11.0 Å². The van der Waals surface area contributed by atoms with Crippen molar-refractivity contribution >= 4 is 17.7 Å². The highest BCUT2D eigenvalue weighted by Gasteiger charge is 2.42. The number of hydrogen-bond donors (Lipinski definition) is 1. The summed E-state index contributed by atoms with van der Waals surface area (Å²) in [5.74, 6) is -1.24. The second-order valence-electron chi connectivity index (χ2n) is 6.17. The molecule has 1 saturated heterocycles. The summed E-state index contributed by atoms with van der Waals surface area (Å²) in [6, 6.07) is 2.39. The Hall–Kier alpha value is -2.24. The minimum Gasteiger partial charge on any atom is -0.322 e. The van der Waals surface area contributed by atoms with Gasteiger partial charge in [-0.2, -0.15) is 0 Å². The van der Waals surface area contributed by atoms with Crippen LogP contribution < -0.4 is 5.32 Å². The highest BCUT2D eigenvalue weighted by molar-refractivity contribution is 6.06. The summed E-state index contributed by atoms with van der Waals surface area (Å²) in [6.45, 7) is 0.306. The summed E-state index contributed by atoms with van der Waals surface area (Å²) in [5.41, 5.74) is 1.72. The van der Waals surface area contributed by atoms with E-state index in [4.69, 9.17) is 0 Å². The number of amides is 3. The fourth-order valence-corrected chi connectivity index (χ4v) is 3.42. The molecule has 1 saturated carbocycles. The summed E-state index contributed by atoms with van der Waals surface area (Å²) >= 11 is 0. The van der Waals surface area contributed by atoms with Crippen molar-refractivity contribution < 1.29 is 18.8 Å². The van der Waals surface area contributed by atoms with E-state index < -0.39 is 11.9 Å². The van der Waals surface area contributed by atoms with E-state index in [2.05, 4.69) is 5.32 Å². The number of piperidine rings is 1. The van der Waals surface area contributed by atoms with Crippen LogP contribution in [0.2, 0.25) is 0 Å². The Kier molecular flexibility index (Phi) is 2.82. The number of nitrogens with zero attached hydrogens (tertiary/aromatic N) is 1. The molecule has 1 N–H and O–H groups in total. The van der Waals surface area contributed by atoms with E-state index in [1.54, 1.807) is 6.07 Å². The molecule has 0 radical (unpaired) electrons. The van der Waals surface area contributed by atoms with Gasteiger partial charge in [-0.1, -0.05) is 6.07 Å². The fraction of sp³-hybridized carbons (Fsp3) is 0.438. The number of imide groups is 1. The number of nitrogens with one attached hydrogen (secondary N) is 1. The summed E-state index contributed by atoms with van der Waals surface area (Å²) in [7, 11) is 0. The van der Waals surface area contributed by atoms with Crippen molar-refractivity contribution in [1.82, 2.24) is 10.2 Å². The molecular weight excluding hydrogens is 287 g/mol. The number of hydrogen-bond acceptors (Lipinski definition) is 3. The van der Waals surface area contributed by atoms with Crippen molar-refractivity contribution in [2.24, 2.45) is 0 Å². The van der Waals surface area contributed by atoms with Gasteiger partial charge in [0.15, 0.2) is 0 Å². The smallest absolute Gasteiger partial charge is 0.255 e. The third-order valence-electron chi connectivity index (χ3n) is 4.67. The average molecular weight is 302 g/mol. The number of halogens is 1. The maximum absolute atomic E-state index is 14.1. The number of fused-ring (bicyclic) bond motifs is 1. The first kappa shape index (κ1) is 13.4. The van der Waals surface area contributed by atoms with Crippen LogP contribution in [0.5, 0.6) is 0 Å². The van der Waals surface area contributed by atoms with Gasteiger partial charge < -0.3 is 4.90 Å². The van der Waals surface area contributed by atoms with Gasteiger partial charge in [0.2, 0.25) is 11.8 Å². The van der Waals surface area contributed by atoms with E-state index in [1.807, 2.05) is 0 Å². The normalized spacial score (nSPS) is 24.5. The summed E-state index contributed by atoms with van der Waals surface area (Å²) in [4.78, 5) is 37.4. The van der Waals surface area contributed by atoms with E-state index in [-0.39, 0.29) is 30.0 Å². The van der Waals surface area contributed by atoms with Crippen LogP contribution in [0.15, 0.2) is 12.1 Å². The van der Waals surface area contributed by atoms with Crippen LogP contribution in [-0.4, -0.2) is 28.7 Å². The first-order valence-electron chi connectivity index (χ1n) is 7.52. The topological polar surface area (TPSA) is 66.5 Å². The Morgan fingerprint density at radius 1 is 1.14 bits per heavy atom. The molecule has 1 unspecified atom stereocenters. The van der Waals surface area contributed by atoms with Gasteiger partial charge >= 0.3 is 0 Å². The Balaban J connectivity index is 1.69. The lowest BCUT2D eigenvalue weighted by Crippen LogP contribution is -2.52. The highest BCUT2D eigenvalue weighted by atomic mass is 19.1. The molecule has 1 atom stereocenters. The lowest BCUT2D eigenvalue weighted by atomic mass is 9.99. The Morgan fingerprint density at radius 2 is 1.91 bits per heavy atom. The van der Waals surface area contributed by atoms with Gasteiger partial charge in [0.25, 0.3) is 5.91 Å². The fourth-order valence-electron chi connectivity index (χ4n) is 3.42. The molecule has 1 aromatic carbocycles. The van der Waals surface area contributed by atoms with Crippen LogP contribution in [-0.2, 0) is 16.1 Å². The minimum absolute atomic E-state index is 0.126. The summed E-state index contributed by atoms with van der Waals surface area (Å²) in [5, 5.41) is 2.27. The predicted octanol–water partition coefficient (Wildman–Crippen LogP) is 1.46. The number of rotatable bonds is 2. The molecule has 0 aromatic heterocycles. The van der Waals surface area contributed by atoms with Crippen LogP contribution in [0.4, 0.5) is 4.39 Å². The first-order valence-corrected chi connectivity index (χ1v) is 7.52. The third kappa shape index (κ3) is 1.94. The minimum atomic E-state index is -0.646. The quantitative estimate of drug-likeness (QED) is 0.841. The van der Waals surface area contributed by atoms with Gasteiger partial charge in [0.1, 0.15) is 11.9 Å². The molecule has 114 valence electrons. The molecule has 3 aliphatic rings. The molecule has 2 fully saturated rings. The standard InChI is InChI=1S/C16H15FN2O3/c17-10-4-3-9-7-19(11-5-6-12(20)18-15(11)21)16(22)14(9)13(10)8-1-2-8/h3-4,8,11H,1-2,5-7H2,(H,18,20,21). The molecule has 2 aliphatic heterocycles. The monoisotopic (exact) mass is 302 g/mol. The zero-order chi connectivity index (χ0) is 15.4. The second kappa shape index (κ2) is 4.63. The molecule has 5 nitrogen and oxygen atoms in total. The van der Waals surface area contributed by atoms with Gasteiger partial charge in [0.05, 0.1) is 5.56 Å². The van der Waals surface area contributed by atoms with Gasteiger partial charge in [-0.05, 0) is 36.8 Å². The second-order valence-corrected chi connectivity index (χ2v) is 6.17. The largest absolute Gasteiger partial charge is 0.322 e. The molecule has 0 spiro atoms. The van der Waals surface area contributed by atoms with Gasteiger partial charge in [-0.3, -0.25) is 19.7 Å². The first-order chi connectivity index (χ1) is 10.6. The van der Waals surface area contributed by atoms with Gasteiger partial charge in [-0.25, -0.2) is 4.39 Å². The Bertz CT molecular complexity index is 712. The van der Waals surface area contributed by atoms with E-state index >= 15 is 0 Å². The molecular formula is C16H15FN2O3. The maximum atomic E-state index is 14.1. The zero-order valence-electron chi connectivity index (χ0n) is 11.9. The van der Waals surface area contributed by atoms with Crippen molar-refractivity contribution in [3.8, 4) is 0 Å². The third-order valence-corrected chi connectivity index (χ3v) is 4.67. The molecule has 6 heteroatoms. The van der Waals surface area contributed by atoms with Crippen molar-refractivity contribution in [1.29, 1.82) is 0 Å². The zero-order valence-corrected chi connectivity index (χ0v) is 11.9. The lowest BCUT2D eigenvalue weighted by Gasteiger charge is -2.29. The Labute approximate surface area is 126 Å².